The van der Waals surface area contributed by atoms with Crippen molar-refractivity contribution in [1.29, 1.82) is 0 Å². The molecule has 2 rings (SSSR count). The van der Waals surface area contributed by atoms with Crippen LogP contribution in [-0.4, -0.2) is 32.7 Å². The molecule has 4 unspecified atom stereocenters. The van der Waals surface area contributed by atoms with Crippen LogP contribution in [0.4, 0.5) is 5.69 Å². The van der Waals surface area contributed by atoms with E-state index in [2.05, 4.69) is 26.1 Å². The average Bonchev–Trinajstić information content (AvgIpc) is 2.69. The van der Waals surface area contributed by atoms with E-state index in [1.54, 1.807) is 30.3 Å². The van der Waals surface area contributed by atoms with Gasteiger partial charge in [-0.3, -0.25) is 14.2 Å². The fourth-order valence-corrected chi connectivity index (χ4v) is 4.79. The van der Waals surface area contributed by atoms with Gasteiger partial charge in [0.05, 0.1) is 17.6 Å². The van der Waals surface area contributed by atoms with Crippen molar-refractivity contribution < 1.29 is 29.3 Å². The highest BCUT2D eigenvalue weighted by Gasteiger charge is 2.39. The van der Waals surface area contributed by atoms with Gasteiger partial charge in [0, 0.05) is 12.1 Å². The van der Waals surface area contributed by atoms with E-state index in [1.807, 2.05) is 24.3 Å². The summed E-state index contributed by atoms with van der Waals surface area (Å²) in [5.41, 5.74) is 1.09. The molecule has 31 heavy (non-hydrogen) atoms. The normalized spacial score (nSPS) is 15.5. The van der Waals surface area contributed by atoms with Crippen LogP contribution in [0.3, 0.4) is 0 Å². The smallest absolute Gasteiger partial charge is 0.307 e. The number of carbonyl (C=O) groups is 2. The van der Waals surface area contributed by atoms with Crippen molar-refractivity contribution in [3.63, 3.8) is 0 Å². The van der Waals surface area contributed by atoms with E-state index in [9.17, 15) is 24.2 Å². The van der Waals surface area contributed by atoms with Gasteiger partial charge in [-0.15, -0.1) is 0 Å². The number of benzene rings is 2. The Kier molecular flexibility index (Phi) is 8.43. The molecule has 0 amide bonds. The second-order valence-electron chi connectivity index (χ2n) is 8.60. The lowest BCUT2D eigenvalue weighted by Crippen LogP contribution is -2.35. The monoisotopic (exact) mass is 447 g/mol. The third kappa shape index (κ3) is 6.94. The maximum absolute atomic E-state index is 12.5. The van der Waals surface area contributed by atoms with Gasteiger partial charge in [-0.2, -0.15) is 0 Å². The topological polar surface area (TPSA) is 124 Å². The minimum Gasteiger partial charge on any atom is -0.481 e. The van der Waals surface area contributed by atoms with Gasteiger partial charge < -0.3 is 20.4 Å². The highest BCUT2D eigenvalue weighted by Crippen LogP contribution is 2.42. The number of nitrogens with one attached hydrogen (secondary N) is 1. The molecule has 0 aliphatic rings. The van der Waals surface area contributed by atoms with Crippen molar-refractivity contribution in [2.75, 3.05) is 5.32 Å². The number of hydrogen-bond acceptors (Lipinski definition) is 4. The Balaban J connectivity index is 2.52. The molecule has 0 fully saturated rings. The lowest BCUT2D eigenvalue weighted by atomic mass is 9.86. The Morgan fingerprint density at radius 1 is 1.03 bits per heavy atom. The van der Waals surface area contributed by atoms with E-state index in [1.165, 1.54) is 0 Å². The van der Waals surface area contributed by atoms with Gasteiger partial charge >= 0.3 is 11.9 Å². The molecule has 0 bridgehead atoms. The van der Waals surface area contributed by atoms with Gasteiger partial charge in [-0.1, -0.05) is 63.2 Å². The molecule has 2 aromatic carbocycles. The molecule has 168 valence electrons. The summed E-state index contributed by atoms with van der Waals surface area (Å²) >= 11 is 0. The van der Waals surface area contributed by atoms with E-state index in [4.69, 9.17) is 5.11 Å². The van der Waals surface area contributed by atoms with E-state index < -0.39 is 44.0 Å². The van der Waals surface area contributed by atoms with Crippen LogP contribution in [0, 0.1) is 5.92 Å². The fourth-order valence-electron chi connectivity index (χ4n) is 3.58. The van der Waals surface area contributed by atoms with Crippen molar-refractivity contribution in [3.8, 4) is 0 Å². The summed E-state index contributed by atoms with van der Waals surface area (Å²) in [5.74, 6) is -3.73. The van der Waals surface area contributed by atoms with E-state index in [-0.39, 0.29) is 11.8 Å². The molecule has 0 heterocycles. The third-order valence-electron chi connectivity index (χ3n) is 5.27. The van der Waals surface area contributed by atoms with Crippen LogP contribution in [0.25, 0.3) is 0 Å². The maximum Gasteiger partial charge on any atom is 0.307 e. The first kappa shape index (κ1) is 24.6. The molecule has 0 radical (unpaired) electrons. The predicted molar refractivity (Wildman–Crippen MR) is 121 cm³/mol. The Morgan fingerprint density at radius 2 is 1.68 bits per heavy atom. The van der Waals surface area contributed by atoms with Crippen LogP contribution < -0.4 is 5.32 Å². The minimum absolute atomic E-state index is 0.116. The molecule has 0 aliphatic carbocycles. The Hall–Kier alpha value is -2.63. The zero-order valence-corrected chi connectivity index (χ0v) is 18.9. The van der Waals surface area contributed by atoms with Crippen LogP contribution in [0.5, 0.6) is 0 Å². The second-order valence-corrected chi connectivity index (χ2v) is 9.95. The van der Waals surface area contributed by atoms with Crippen LogP contribution in [0.1, 0.15) is 50.8 Å². The summed E-state index contributed by atoms with van der Waals surface area (Å²) in [6, 6.07) is 15.7. The molecule has 8 heteroatoms. The zero-order chi connectivity index (χ0) is 23.2. The fraction of sp³-hybridized carbons (Fsp3) is 0.391. The lowest BCUT2D eigenvalue weighted by molar-refractivity contribution is -0.143. The van der Waals surface area contributed by atoms with Crippen molar-refractivity contribution in [1.82, 2.24) is 0 Å². The zero-order valence-electron chi connectivity index (χ0n) is 17.9. The molecule has 0 aliphatic heterocycles. The summed E-state index contributed by atoms with van der Waals surface area (Å²) in [6.07, 6.45) is -0.636. The molecule has 7 nitrogen and oxygen atoms in total. The minimum atomic E-state index is -3.35. The lowest BCUT2D eigenvalue weighted by Gasteiger charge is -2.32. The molecule has 2 aromatic rings. The van der Waals surface area contributed by atoms with Gasteiger partial charge in [0.25, 0.3) is 0 Å². The Bertz CT molecular complexity index is 925. The highest BCUT2D eigenvalue weighted by atomic mass is 31.1. The van der Waals surface area contributed by atoms with Gasteiger partial charge in [0.15, 0.2) is 8.03 Å². The first-order valence-electron chi connectivity index (χ1n) is 10.1. The summed E-state index contributed by atoms with van der Waals surface area (Å²) in [7, 11) is -3.35. The molecule has 0 saturated carbocycles. The first-order chi connectivity index (χ1) is 14.5. The molecule has 4 atom stereocenters. The molecule has 0 saturated heterocycles. The van der Waals surface area contributed by atoms with Crippen LogP contribution in [0.2, 0.25) is 0 Å². The van der Waals surface area contributed by atoms with Crippen molar-refractivity contribution in [2.24, 2.45) is 5.92 Å². The highest BCUT2D eigenvalue weighted by molar-refractivity contribution is 7.39. The molecule has 0 spiro atoms. The van der Waals surface area contributed by atoms with Gasteiger partial charge in [0.2, 0.25) is 0 Å². The van der Waals surface area contributed by atoms with Gasteiger partial charge in [-0.25, -0.2) is 0 Å². The molecular formula is C23H30NO6P. The summed E-state index contributed by atoms with van der Waals surface area (Å²) in [4.78, 5) is 33.2. The van der Waals surface area contributed by atoms with Crippen molar-refractivity contribution in [2.45, 2.75) is 50.7 Å². The van der Waals surface area contributed by atoms with Gasteiger partial charge in [0.1, 0.15) is 0 Å². The van der Waals surface area contributed by atoms with Crippen LogP contribution >= 0.6 is 8.03 Å². The average molecular weight is 447 g/mol. The summed E-state index contributed by atoms with van der Waals surface area (Å²) in [5, 5.41) is 22.1. The number of aliphatic carboxylic acids is 2. The number of anilines is 1. The second kappa shape index (κ2) is 10.6. The summed E-state index contributed by atoms with van der Waals surface area (Å²) in [6.45, 7) is 6.22. The van der Waals surface area contributed by atoms with Crippen molar-refractivity contribution in [3.05, 3.63) is 65.7 Å². The molecule has 4 N–H and O–H groups in total. The third-order valence-corrected chi connectivity index (χ3v) is 6.58. The molecular weight excluding hydrogens is 417 g/mol. The molecule has 0 aromatic heterocycles. The first-order valence-corrected chi connectivity index (χ1v) is 11.5. The SMILES string of the molecule is CC(C)(C)c1cccc(NC(c2ccccc2)C(C(CCC(=O)O)C(=O)O)[PH](=O)O)c1. The predicted octanol–water partition coefficient (Wildman–Crippen LogP) is 4.54. The summed E-state index contributed by atoms with van der Waals surface area (Å²) < 4.78 is 12.5. The number of rotatable bonds is 10. The number of carboxylic acid groups (broad SMARTS) is 2. The van der Waals surface area contributed by atoms with Crippen LogP contribution in [0.15, 0.2) is 54.6 Å². The maximum atomic E-state index is 12.5. The van der Waals surface area contributed by atoms with E-state index in [0.29, 0.717) is 11.3 Å². The number of hydrogen-bond donors (Lipinski definition) is 4. The van der Waals surface area contributed by atoms with Crippen LogP contribution in [-0.2, 0) is 19.6 Å². The van der Waals surface area contributed by atoms with E-state index in [0.717, 1.165) is 5.56 Å². The number of carboxylic acids is 2. The van der Waals surface area contributed by atoms with Gasteiger partial charge in [-0.05, 0) is 35.1 Å². The largest absolute Gasteiger partial charge is 0.481 e. The Labute approximate surface area is 183 Å². The van der Waals surface area contributed by atoms with E-state index >= 15 is 0 Å². The Morgan fingerprint density at radius 3 is 2.19 bits per heavy atom. The standard InChI is InChI=1S/C23H30NO6P/c1-23(2,3)16-10-7-11-17(14-16)24-20(15-8-5-4-6-9-15)21(31(29)30)18(22(27)28)12-13-19(25)26/h4-11,14,18,20-21,24,31H,12-13H2,1-3H3,(H,25,26)(H,27,28)(H,29,30). The van der Waals surface area contributed by atoms with Crippen molar-refractivity contribution >= 4 is 25.7 Å². The quantitative estimate of drug-likeness (QED) is 0.394.